The summed E-state index contributed by atoms with van der Waals surface area (Å²) >= 11 is 0. The molecular formula is C15H32N2O+. The summed E-state index contributed by atoms with van der Waals surface area (Å²) < 4.78 is 1.15. The molecular weight excluding hydrogens is 224 g/mol. The molecule has 0 aromatic carbocycles. The van der Waals surface area contributed by atoms with E-state index in [-0.39, 0.29) is 11.1 Å². The zero-order chi connectivity index (χ0) is 14.2. The van der Waals surface area contributed by atoms with Crippen molar-refractivity contribution in [2.75, 3.05) is 19.6 Å². The van der Waals surface area contributed by atoms with Crippen molar-refractivity contribution in [1.82, 2.24) is 5.06 Å². The molecule has 0 amide bonds. The Balaban J connectivity index is 3.05. The van der Waals surface area contributed by atoms with E-state index in [4.69, 9.17) is 0 Å². The Morgan fingerprint density at radius 2 is 1.28 bits per heavy atom. The van der Waals surface area contributed by atoms with Gasteiger partial charge in [0.15, 0.2) is 0 Å². The lowest BCUT2D eigenvalue weighted by Gasteiger charge is -2.55. The second-order valence-electron chi connectivity index (χ2n) is 7.15. The van der Waals surface area contributed by atoms with E-state index in [9.17, 15) is 5.21 Å². The molecule has 1 rings (SSSR count). The van der Waals surface area contributed by atoms with Crippen LogP contribution in [0.15, 0.2) is 0 Å². The fourth-order valence-electron chi connectivity index (χ4n) is 4.04. The summed E-state index contributed by atoms with van der Waals surface area (Å²) in [5.74, 6) is 0. The van der Waals surface area contributed by atoms with Gasteiger partial charge in [0.05, 0.1) is 25.7 Å². The van der Waals surface area contributed by atoms with Gasteiger partial charge in [-0.1, -0.05) is 0 Å². The standard InChI is InChI=1S/C15H32N2O/c1-8-17(9-2,10-3)13-11-14(4,5)16(18)15(6,7)12-13/h13H,8-12H2,1-7H3/q+1. The van der Waals surface area contributed by atoms with Crippen molar-refractivity contribution in [2.45, 2.75) is 78.4 Å². The van der Waals surface area contributed by atoms with Crippen LogP contribution in [0.5, 0.6) is 0 Å². The molecule has 18 heavy (non-hydrogen) atoms. The van der Waals surface area contributed by atoms with Crippen LogP contribution in [0.3, 0.4) is 0 Å². The van der Waals surface area contributed by atoms with Crippen molar-refractivity contribution in [1.29, 1.82) is 0 Å². The van der Waals surface area contributed by atoms with Crippen LogP contribution in [0.2, 0.25) is 0 Å². The molecule has 107 valence electrons. The molecule has 1 aliphatic rings. The Morgan fingerprint density at radius 1 is 0.944 bits per heavy atom. The summed E-state index contributed by atoms with van der Waals surface area (Å²) in [5.41, 5.74) is -0.481. The van der Waals surface area contributed by atoms with E-state index in [1.54, 1.807) is 0 Å². The Hall–Kier alpha value is -0.120. The van der Waals surface area contributed by atoms with E-state index >= 15 is 0 Å². The van der Waals surface area contributed by atoms with Crippen LogP contribution in [0.1, 0.15) is 61.3 Å². The maximum atomic E-state index is 12.4. The van der Waals surface area contributed by atoms with Gasteiger partial charge in [-0.15, -0.1) is 10.3 Å². The quantitative estimate of drug-likeness (QED) is 0.708. The molecule has 0 bridgehead atoms. The third-order valence-corrected chi connectivity index (χ3v) is 5.23. The Bertz CT molecular complexity index is 256. The average Bonchev–Trinajstić information content (AvgIpc) is 2.28. The monoisotopic (exact) mass is 256 g/mol. The van der Waals surface area contributed by atoms with Crippen LogP contribution >= 0.6 is 0 Å². The Labute approximate surface area is 113 Å². The van der Waals surface area contributed by atoms with E-state index < -0.39 is 0 Å². The van der Waals surface area contributed by atoms with E-state index in [0.717, 1.165) is 17.3 Å². The highest BCUT2D eigenvalue weighted by atomic mass is 16.5. The number of hydrogen-bond acceptors (Lipinski definition) is 1. The summed E-state index contributed by atoms with van der Waals surface area (Å²) in [6, 6.07) is 0.611. The van der Waals surface area contributed by atoms with Gasteiger partial charge in [-0.2, -0.15) is 0 Å². The first kappa shape index (κ1) is 15.9. The lowest BCUT2D eigenvalue weighted by atomic mass is 9.77. The van der Waals surface area contributed by atoms with Gasteiger partial charge in [0.25, 0.3) is 0 Å². The smallest absolute Gasteiger partial charge is 0.0927 e. The zero-order valence-electron chi connectivity index (χ0n) is 13.4. The molecule has 0 spiro atoms. The van der Waals surface area contributed by atoms with Crippen molar-refractivity contribution in [3.63, 3.8) is 0 Å². The van der Waals surface area contributed by atoms with Gasteiger partial charge in [0.2, 0.25) is 0 Å². The fourth-order valence-corrected chi connectivity index (χ4v) is 4.04. The largest absolute Gasteiger partial charge is 0.322 e. The average molecular weight is 256 g/mol. The third-order valence-electron chi connectivity index (χ3n) is 5.23. The minimum atomic E-state index is -0.241. The van der Waals surface area contributed by atoms with Crippen molar-refractivity contribution in [3.05, 3.63) is 0 Å². The molecule has 0 aliphatic carbocycles. The molecule has 1 fully saturated rings. The second-order valence-corrected chi connectivity index (χ2v) is 7.15. The Morgan fingerprint density at radius 3 is 1.56 bits per heavy atom. The first-order valence-electron chi connectivity index (χ1n) is 7.48. The molecule has 0 aromatic heterocycles. The van der Waals surface area contributed by atoms with Gasteiger partial charge >= 0.3 is 0 Å². The van der Waals surface area contributed by atoms with Gasteiger partial charge < -0.3 is 4.48 Å². The maximum absolute atomic E-state index is 12.4. The van der Waals surface area contributed by atoms with E-state index in [2.05, 4.69) is 48.5 Å². The van der Waals surface area contributed by atoms with Crippen molar-refractivity contribution in [2.24, 2.45) is 0 Å². The van der Waals surface area contributed by atoms with E-state index in [1.165, 1.54) is 24.7 Å². The molecule has 3 nitrogen and oxygen atoms in total. The topological polar surface area (TPSA) is 23.1 Å². The molecule has 0 saturated carbocycles. The van der Waals surface area contributed by atoms with Crippen molar-refractivity contribution < 1.29 is 9.69 Å². The van der Waals surface area contributed by atoms with E-state index in [1.807, 2.05) is 0 Å². The molecule has 1 radical (unpaired) electrons. The summed E-state index contributed by atoms with van der Waals surface area (Å²) in [7, 11) is 0. The van der Waals surface area contributed by atoms with Crippen LogP contribution in [-0.4, -0.2) is 46.3 Å². The number of hydroxylamine groups is 2. The lowest BCUT2D eigenvalue weighted by Crippen LogP contribution is -2.67. The van der Waals surface area contributed by atoms with Gasteiger partial charge in [0, 0.05) is 23.9 Å². The van der Waals surface area contributed by atoms with Crippen LogP contribution in [0.25, 0.3) is 0 Å². The highest BCUT2D eigenvalue weighted by Crippen LogP contribution is 2.41. The molecule has 0 aromatic rings. The molecule has 1 heterocycles. The predicted octanol–water partition coefficient (Wildman–Crippen LogP) is 3.23. The first-order chi connectivity index (χ1) is 8.15. The van der Waals surface area contributed by atoms with Crippen molar-refractivity contribution in [3.8, 4) is 0 Å². The molecule has 0 N–H and O–H groups in total. The fraction of sp³-hybridized carbons (Fsp3) is 1.00. The number of quaternary nitrogens is 1. The number of piperidine rings is 1. The molecule has 1 aliphatic heterocycles. The van der Waals surface area contributed by atoms with E-state index in [0.29, 0.717) is 6.04 Å². The minimum Gasteiger partial charge on any atom is -0.322 e. The molecule has 3 heteroatoms. The second kappa shape index (κ2) is 5.10. The van der Waals surface area contributed by atoms with Crippen LogP contribution in [0, 0.1) is 0 Å². The molecule has 1 saturated heterocycles. The zero-order valence-corrected chi connectivity index (χ0v) is 13.4. The lowest BCUT2D eigenvalue weighted by molar-refractivity contribution is -0.949. The highest BCUT2D eigenvalue weighted by Gasteiger charge is 2.51. The normalized spacial score (nSPS) is 25.3. The summed E-state index contributed by atoms with van der Waals surface area (Å²) in [4.78, 5) is 0. The SMILES string of the molecule is CC[N+](CC)(CC)C1CC(C)(C)N([O])C(C)(C)C1. The highest BCUT2D eigenvalue weighted by molar-refractivity contribution is 4.96. The predicted molar refractivity (Wildman–Crippen MR) is 75.6 cm³/mol. The van der Waals surface area contributed by atoms with Crippen LogP contribution in [0.4, 0.5) is 0 Å². The van der Waals surface area contributed by atoms with Crippen LogP contribution in [-0.2, 0) is 5.21 Å². The first-order valence-corrected chi connectivity index (χ1v) is 7.48. The van der Waals surface area contributed by atoms with Crippen LogP contribution < -0.4 is 0 Å². The number of hydrogen-bond donors (Lipinski definition) is 0. The van der Waals surface area contributed by atoms with Crippen molar-refractivity contribution >= 4 is 0 Å². The maximum Gasteiger partial charge on any atom is 0.0927 e. The number of nitrogens with zero attached hydrogens (tertiary/aromatic N) is 2. The summed E-state index contributed by atoms with van der Waals surface area (Å²) in [5, 5.41) is 13.8. The number of rotatable bonds is 4. The summed E-state index contributed by atoms with van der Waals surface area (Å²) in [6.45, 7) is 18.8. The Kier molecular flexibility index (Phi) is 4.52. The molecule has 0 atom stereocenters. The minimum absolute atomic E-state index is 0.241. The van der Waals surface area contributed by atoms with Gasteiger partial charge in [-0.25, -0.2) is 0 Å². The summed E-state index contributed by atoms with van der Waals surface area (Å²) in [6.07, 6.45) is 2.02. The third kappa shape index (κ3) is 2.59. The molecule has 0 unspecified atom stereocenters. The van der Waals surface area contributed by atoms with Gasteiger partial charge in [-0.3, -0.25) is 0 Å². The van der Waals surface area contributed by atoms with Gasteiger partial charge in [0.1, 0.15) is 0 Å². The van der Waals surface area contributed by atoms with Gasteiger partial charge in [-0.05, 0) is 48.5 Å².